The van der Waals surface area contributed by atoms with Gasteiger partial charge in [-0.1, -0.05) is 322 Å². The number of benzene rings is 18. The summed E-state index contributed by atoms with van der Waals surface area (Å²) in [4.78, 5) is 0. The van der Waals surface area contributed by atoms with Gasteiger partial charge >= 0.3 is 0 Å². The van der Waals surface area contributed by atoms with Gasteiger partial charge in [0.2, 0.25) is 0 Å². The Hall–Kier alpha value is -13.4. The average Bonchev–Trinajstić information content (AvgIpc) is 1.55. The molecule has 0 saturated heterocycles. The summed E-state index contributed by atoms with van der Waals surface area (Å²) >= 11 is 0. The zero-order valence-corrected chi connectivity index (χ0v) is 55.7. The summed E-state index contributed by atoms with van der Waals surface area (Å²) in [6, 6.07) is 138. The molecule has 102 heavy (non-hydrogen) atoms. The Balaban J connectivity index is 0.000000133. The molecule has 2 heteroatoms. The van der Waals surface area contributed by atoms with Gasteiger partial charge in [0.15, 0.2) is 0 Å². The molecular formula is C100H62N2. The first kappa shape index (κ1) is 57.6. The molecule has 0 unspecified atom stereocenters. The van der Waals surface area contributed by atoms with Crippen LogP contribution in [0, 0.1) is 0 Å². The van der Waals surface area contributed by atoms with E-state index in [0.29, 0.717) is 0 Å². The first-order valence-electron chi connectivity index (χ1n) is 35.4. The van der Waals surface area contributed by atoms with Crippen LogP contribution in [0.1, 0.15) is 0 Å². The van der Waals surface area contributed by atoms with E-state index >= 15 is 0 Å². The molecule has 2 aliphatic rings. The zero-order valence-electron chi connectivity index (χ0n) is 55.7. The molecular weight excluding hydrogens is 1230 g/mol. The van der Waals surface area contributed by atoms with Crippen molar-refractivity contribution in [2.75, 3.05) is 0 Å². The molecule has 18 aromatic carbocycles. The quantitative estimate of drug-likeness (QED) is 0.143. The molecule has 0 bridgehead atoms. The van der Waals surface area contributed by atoms with E-state index in [4.69, 9.17) is 0 Å². The third kappa shape index (κ3) is 8.80. The largest absolute Gasteiger partial charge is 0.309 e. The number of hydrogen-bond acceptors (Lipinski definition) is 0. The lowest BCUT2D eigenvalue weighted by atomic mass is 9.82. The van der Waals surface area contributed by atoms with Crippen molar-refractivity contribution in [3.8, 4) is 123 Å². The fourth-order valence-corrected chi connectivity index (χ4v) is 17.5. The van der Waals surface area contributed by atoms with Gasteiger partial charge in [-0.3, -0.25) is 0 Å². The topological polar surface area (TPSA) is 9.86 Å². The number of rotatable bonds is 8. The molecule has 0 atom stereocenters. The van der Waals surface area contributed by atoms with Crippen molar-refractivity contribution < 1.29 is 0 Å². The molecule has 2 heterocycles. The number of nitrogens with zero attached hydrogens (tertiary/aromatic N) is 2. The summed E-state index contributed by atoms with van der Waals surface area (Å²) in [6.45, 7) is 0. The van der Waals surface area contributed by atoms with Gasteiger partial charge in [-0.2, -0.15) is 0 Å². The van der Waals surface area contributed by atoms with Crippen molar-refractivity contribution in [3.05, 3.63) is 376 Å². The third-order valence-electron chi connectivity index (χ3n) is 21.8. The van der Waals surface area contributed by atoms with Gasteiger partial charge in [-0.25, -0.2) is 0 Å². The van der Waals surface area contributed by atoms with Crippen molar-refractivity contribution >= 4 is 86.7 Å². The molecule has 20 aromatic rings. The maximum absolute atomic E-state index is 2.45. The van der Waals surface area contributed by atoms with Crippen LogP contribution in [0.25, 0.3) is 209 Å². The van der Waals surface area contributed by atoms with Crippen LogP contribution < -0.4 is 0 Å². The Bertz CT molecular complexity index is 6780. The minimum Gasteiger partial charge on any atom is -0.309 e. The van der Waals surface area contributed by atoms with Crippen LogP contribution in [0.2, 0.25) is 0 Å². The molecule has 2 nitrogen and oxygen atoms in total. The van der Waals surface area contributed by atoms with Crippen molar-refractivity contribution in [2.24, 2.45) is 0 Å². The van der Waals surface area contributed by atoms with Gasteiger partial charge in [0, 0.05) is 38.3 Å². The molecule has 0 fully saturated rings. The van der Waals surface area contributed by atoms with Crippen LogP contribution in [0.15, 0.2) is 376 Å². The second-order valence-corrected chi connectivity index (χ2v) is 27.2. The van der Waals surface area contributed by atoms with Crippen molar-refractivity contribution in [1.29, 1.82) is 0 Å². The molecule has 2 aromatic heterocycles. The van der Waals surface area contributed by atoms with E-state index in [9.17, 15) is 0 Å². The van der Waals surface area contributed by atoms with Gasteiger partial charge in [0.25, 0.3) is 0 Å². The standard InChI is InChI=1S/2C50H31N/c1-3-13-32(14-4-1)44-31-43(47(36-16-5-2-6-17-36)49-42-23-12-19-35-18-11-22-41(46(35)42)48(44)49)34-25-28-37(29-26-34)51-45-24-10-9-21-39(45)40-30-27-33-15-7-8-20-38(33)50(40)51;1-3-13-32(14-4-1)43-31-42(47(36-16-5-2-6-17-36)50-41-23-12-19-35-18-11-22-40(46(35)41)49(43)50)34-25-28-37(29-26-34)51-44-24-10-9-21-39(44)48-38-20-8-7-15-33(38)27-30-45(48)51/h2*1-31H. The molecule has 0 saturated carbocycles. The molecule has 0 amide bonds. The summed E-state index contributed by atoms with van der Waals surface area (Å²) in [7, 11) is 0. The number of fused-ring (bicyclic) bond motifs is 16. The first-order valence-corrected chi connectivity index (χ1v) is 35.4. The smallest absolute Gasteiger partial charge is 0.0619 e. The molecule has 0 N–H and O–H groups in total. The van der Waals surface area contributed by atoms with Crippen LogP contribution >= 0.6 is 0 Å². The normalized spacial score (nSPS) is 11.9. The van der Waals surface area contributed by atoms with Crippen LogP contribution in [0.5, 0.6) is 0 Å². The van der Waals surface area contributed by atoms with Gasteiger partial charge < -0.3 is 9.13 Å². The van der Waals surface area contributed by atoms with Crippen molar-refractivity contribution in [1.82, 2.24) is 9.13 Å². The maximum atomic E-state index is 2.45. The third-order valence-corrected chi connectivity index (χ3v) is 21.8. The molecule has 0 spiro atoms. The Morgan fingerprint density at radius 1 is 0.157 bits per heavy atom. The van der Waals surface area contributed by atoms with Gasteiger partial charge in [0.05, 0.1) is 22.1 Å². The van der Waals surface area contributed by atoms with Crippen LogP contribution in [-0.2, 0) is 0 Å². The van der Waals surface area contributed by atoms with E-state index in [1.165, 1.54) is 198 Å². The second-order valence-electron chi connectivity index (χ2n) is 27.2. The van der Waals surface area contributed by atoms with Gasteiger partial charge in [-0.05, 0) is 204 Å². The number of aromatic nitrogens is 2. The molecule has 2 aliphatic carbocycles. The monoisotopic (exact) mass is 1290 g/mol. The number of para-hydroxylation sites is 2. The van der Waals surface area contributed by atoms with Gasteiger partial charge in [-0.15, -0.1) is 0 Å². The minimum absolute atomic E-state index is 1.16. The Kier molecular flexibility index (Phi) is 13.1. The van der Waals surface area contributed by atoms with Crippen molar-refractivity contribution in [2.45, 2.75) is 0 Å². The summed E-state index contributed by atoms with van der Waals surface area (Å²) in [5.74, 6) is 0. The Labute approximate surface area is 590 Å². The first-order chi connectivity index (χ1) is 50.7. The maximum Gasteiger partial charge on any atom is 0.0619 e. The van der Waals surface area contributed by atoms with Crippen LogP contribution in [0.4, 0.5) is 0 Å². The lowest BCUT2D eigenvalue weighted by Gasteiger charge is -2.21. The van der Waals surface area contributed by atoms with E-state index in [0.717, 1.165) is 11.4 Å². The van der Waals surface area contributed by atoms with E-state index in [2.05, 4.69) is 385 Å². The summed E-state index contributed by atoms with van der Waals surface area (Å²) in [5, 5.41) is 15.4. The summed E-state index contributed by atoms with van der Waals surface area (Å²) in [5.41, 5.74) is 32.7. The average molecular weight is 1290 g/mol. The van der Waals surface area contributed by atoms with E-state index in [1.54, 1.807) is 0 Å². The fraction of sp³-hybridized carbons (Fsp3) is 0. The predicted molar refractivity (Wildman–Crippen MR) is 433 cm³/mol. The van der Waals surface area contributed by atoms with E-state index < -0.39 is 0 Å². The highest BCUT2D eigenvalue weighted by molar-refractivity contribution is 6.26. The molecule has 472 valence electrons. The Morgan fingerprint density at radius 2 is 0.510 bits per heavy atom. The minimum atomic E-state index is 1.16. The Morgan fingerprint density at radius 3 is 1.01 bits per heavy atom. The SMILES string of the molecule is c1ccc(-c2cc(-c3ccc(-n4c5ccccc5c5c6ccccc6ccc54)cc3)c(-c3ccccc3)c3c2-c2cccc4cccc-3c24)cc1.c1ccc(-c2cc(-c3ccc(-n4c5ccccc5c5ccc6ccccc6c54)cc3)c(-c3ccccc3)c3c2-c2cccc4cccc-3c24)cc1. The predicted octanol–water partition coefficient (Wildman–Crippen LogP) is 27.5. The highest BCUT2D eigenvalue weighted by Gasteiger charge is 2.33. The highest BCUT2D eigenvalue weighted by atomic mass is 15.0. The number of hydrogen-bond donors (Lipinski definition) is 0. The molecule has 0 aliphatic heterocycles. The highest BCUT2D eigenvalue weighted by Crippen LogP contribution is 2.59. The van der Waals surface area contributed by atoms with Gasteiger partial charge in [0.1, 0.15) is 0 Å². The van der Waals surface area contributed by atoms with Crippen LogP contribution in [0.3, 0.4) is 0 Å². The summed E-state index contributed by atoms with van der Waals surface area (Å²) < 4.78 is 4.87. The molecule has 0 radical (unpaired) electrons. The second kappa shape index (κ2) is 23.1. The van der Waals surface area contributed by atoms with Crippen molar-refractivity contribution in [3.63, 3.8) is 0 Å². The molecule has 22 rings (SSSR count). The summed E-state index contributed by atoms with van der Waals surface area (Å²) in [6.07, 6.45) is 0. The van der Waals surface area contributed by atoms with E-state index in [-0.39, 0.29) is 0 Å². The lowest BCUT2D eigenvalue weighted by molar-refractivity contribution is 1.18. The van der Waals surface area contributed by atoms with E-state index in [1.807, 2.05) is 0 Å². The zero-order chi connectivity index (χ0) is 66.9. The van der Waals surface area contributed by atoms with Crippen LogP contribution in [-0.4, -0.2) is 9.13 Å². The lowest BCUT2D eigenvalue weighted by Crippen LogP contribution is -1.96. The fourth-order valence-electron chi connectivity index (χ4n) is 17.5.